The van der Waals surface area contributed by atoms with E-state index in [4.69, 9.17) is 0 Å². The van der Waals surface area contributed by atoms with Gasteiger partial charge >= 0.3 is 0 Å². The van der Waals surface area contributed by atoms with E-state index in [9.17, 15) is 4.39 Å². The van der Waals surface area contributed by atoms with E-state index in [0.717, 1.165) is 13.0 Å². The van der Waals surface area contributed by atoms with E-state index in [1.54, 1.807) is 12.2 Å². The van der Waals surface area contributed by atoms with Crippen LogP contribution in [0.15, 0.2) is 24.1 Å². The Morgan fingerprint density at radius 2 is 2.42 bits per heavy atom. The molecule has 0 aromatic carbocycles. The van der Waals surface area contributed by atoms with Crippen molar-refractivity contribution < 1.29 is 4.39 Å². The van der Waals surface area contributed by atoms with Crippen LogP contribution in [-0.2, 0) is 0 Å². The predicted molar refractivity (Wildman–Crippen MR) is 47.5 cm³/mol. The van der Waals surface area contributed by atoms with E-state index in [2.05, 4.69) is 5.32 Å². The van der Waals surface area contributed by atoms with Crippen molar-refractivity contribution in [2.75, 3.05) is 6.54 Å². The van der Waals surface area contributed by atoms with Gasteiger partial charge in [-0.05, 0) is 43.9 Å². The van der Waals surface area contributed by atoms with E-state index in [1.807, 2.05) is 6.08 Å². The molecule has 2 rings (SSSR count). The number of rotatable bonds is 1. The number of hydrogen-bond donors (Lipinski definition) is 1. The zero-order valence-electron chi connectivity index (χ0n) is 7.09. The molecular weight excluding hydrogens is 153 g/mol. The van der Waals surface area contributed by atoms with Crippen LogP contribution in [0.3, 0.4) is 0 Å². The fourth-order valence-corrected chi connectivity index (χ4v) is 1.99. The maximum Gasteiger partial charge on any atom is 0.118 e. The van der Waals surface area contributed by atoms with Gasteiger partial charge < -0.3 is 5.32 Å². The zero-order valence-corrected chi connectivity index (χ0v) is 7.09. The van der Waals surface area contributed by atoms with Crippen molar-refractivity contribution in [3.8, 4) is 0 Å². The fraction of sp³-hybridized carbons (Fsp3) is 0.600. The molecule has 1 aliphatic heterocycles. The Bertz CT molecular complexity index is 214. The molecule has 1 fully saturated rings. The van der Waals surface area contributed by atoms with Crippen molar-refractivity contribution in [3.63, 3.8) is 0 Å². The number of halogens is 1. The molecule has 1 nitrogen and oxygen atoms in total. The molecule has 0 bridgehead atoms. The lowest BCUT2D eigenvalue weighted by Gasteiger charge is -2.20. The Hall–Kier alpha value is -0.630. The number of allylic oxidation sites excluding steroid dienone is 3. The minimum absolute atomic E-state index is 0.0794. The Balaban J connectivity index is 1.94. The molecule has 0 aromatic heterocycles. The monoisotopic (exact) mass is 167 g/mol. The molecule has 2 atom stereocenters. The molecule has 1 aliphatic carbocycles. The van der Waals surface area contributed by atoms with Gasteiger partial charge in [0.15, 0.2) is 0 Å². The van der Waals surface area contributed by atoms with Gasteiger partial charge in [-0.25, -0.2) is 4.39 Å². The summed E-state index contributed by atoms with van der Waals surface area (Å²) in [5.41, 5.74) is 0. The van der Waals surface area contributed by atoms with Crippen LogP contribution in [-0.4, -0.2) is 12.6 Å². The normalized spacial score (nSPS) is 35.2. The van der Waals surface area contributed by atoms with Crippen LogP contribution in [0.1, 0.15) is 19.3 Å². The molecule has 1 N–H and O–H groups in total. The summed E-state index contributed by atoms with van der Waals surface area (Å²) in [5.74, 6) is 0.441. The molecule has 1 unspecified atom stereocenters. The van der Waals surface area contributed by atoms with Crippen molar-refractivity contribution in [2.24, 2.45) is 5.92 Å². The number of hydrogen-bond acceptors (Lipinski definition) is 1. The van der Waals surface area contributed by atoms with Crippen LogP contribution in [0.4, 0.5) is 4.39 Å². The van der Waals surface area contributed by atoms with Crippen LogP contribution in [0, 0.1) is 5.92 Å². The van der Waals surface area contributed by atoms with Crippen LogP contribution in [0.2, 0.25) is 0 Å². The molecule has 0 spiro atoms. The average molecular weight is 167 g/mol. The molecule has 66 valence electrons. The van der Waals surface area contributed by atoms with Gasteiger partial charge in [0.2, 0.25) is 0 Å². The maximum atomic E-state index is 12.6. The van der Waals surface area contributed by atoms with E-state index >= 15 is 0 Å². The summed E-state index contributed by atoms with van der Waals surface area (Å²) in [6.45, 7) is 1.13. The highest BCUT2D eigenvalue weighted by Crippen LogP contribution is 2.24. The lowest BCUT2D eigenvalue weighted by Crippen LogP contribution is -2.29. The summed E-state index contributed by atoms with van der Waals surface area (Å²) in [7, 11) is 0. The second-order valence-corrected chi connectivity index (χ2v) is 3.55. The highest BCUT2D eigenvalue weighted by Gasteiger charge is 2.22. The van der Waals surface area contributed by atoms with Crippen LogP contribution in [0.25, 0.3) is 0 Å². The first-order valence-corrected chi connectivity index (χ1v) is 4.63. The predicted octanol–water partition coefficient (Wildman–Crippen LogP) is 2.17. The lowest BCUT2D eigenvalue weighted by atomic mass is 9.91. The molecular formula is C10H14FN. The topological polar surface area (TPSA) is 12.0 Å². The van der Waals surface area contributed by atoms with Gasteiger partial charge in [0.25, 0.3) is 0 Å². The van der Waals surface area contributed by atoms with Crippen molar-refractivity contribution in [3.05, 3.63) is 24.1 Å². The molecule has 2 aliphatic rings. The van der Waals surface area contributed by atoms with Crippen molar-refractivity contribution >= 4 is 0 Å². The highest BCUT2D eigenvalue weighted by molar-refractivity contribution is 5.18. The Labute approximate surface area is 72.3 Å². The second-order valence-electron chi connectivity index (χ2n) is 3.55. The summed E-state index contributed by atoms with van der Waals surface area (Å²) in [4.78, 5) is 0. The molecule has 0 amide bonds. The first-order chi connectivity index (χ1) is 5.86. The van der Waals surface area contributed by atoms with Gasteiger partial charge in [0.1, 0.15) is 5.83 Å². The van der Waals surface area contributed by atoms with Crippen LogP contribution in [0.5, 0.6) is 0 Å². The number of nitrogens with one attached hydrogen (secondary N) is 1. The van der Waals surface area contributed by atoms with Gasteiger partial charge in [0.05, 0.1) is 0 Å². The summed E-state index contributed by atoms with van der Waals surface area (Å²) >= 11 is 0. The summed E-state index contributed by atoms with van der Waals surface area (Å²) in [6, 6.07) is 0.589. The molecule has 1 heterocycles. The summed E-state index contributed by atoms with van der Waals surface area (Å²) in [5, 5.41) is 3.44. The average Bonchev–Trinajstić information content (AvgIpc) is 2.58. The molecule has 2 heteroatoms. The molecule has 0 radical (unpaired) electrons. The van der Waals surface area contributed by atoms with E-state index in [0.29, 0.717) is 12.0 Å². The summed E-state index contributed by atoms with van der Waals surface area (Å²) < 4.78 is 12.6. The maximum absolute atomic E-state index is 12.6. The molecule has 0 aromatic rings. The van der Waals surface area contributed by atoms with E-state index in [1.165, 1.54) is 12.8 Å². The van der Waals surface area contributed by atoms with Gasteiger partial charge in [-0.1, -0.05) is 6.08 Å². The highest BCUT2D eigenvalue weighted by atomic mass is 19.1. The van der Waals surface area contributed by atoms with Gasteiger partial charge in [-0.15, -0.1) is 0 Å². The van der Waals surface area contributed by atoms with E-state index < -0.39 is 0 Å². The first kappa shape index (κ1) is 7.99. The second kappa shape index (κ2) is 3.40. The quantitative estimate of drug-likeness (QED) is 0.631. The van der Waals surface area contributed by atoms with E-state index in [-0.39, 0.29) is 5.83 Å². The SMILES string of the molecule is FC1=CCC([C@@H]2CCCN2)C=C1. The van der Waals surface area contributed by atoms with Crippen molar-refractivity contribution in [1.82, 2.24) is 5.32 Å². The van der Waals surface area contributed by atoms with Crippen molar-refractivity contribution in [2.45, 2.75) is 25.3 Å². The fourth-order valence-electron chi connectivity index (χ4n) is 1.99. The molecule has 12 heavy (non-hydrogen) atoms. The Morgan fingerprint density at radius 3 is 3.00 bits per heavy atom. The smallest absolute Gasteiger partial charge is 0.118 e. The van der Waals surface area contributed by atoms with Crippen LogP contribution >= 0.6 is 0 Å². The zero-order chi connectivity index (χ0) is 8.39. The molecule has 1 saturated heterocycles. The minimum atomic E-state index is -0.0794. The minimum Gasteiger partial charge on any atom is -0.313 e. The molecule has 0 saturated carbocycles. The Morgan fingerprint density at radius 1 is 1.50 bits per heavy atom. The first-order valence-electron chi connectivity index (χ1n) is 4.63. The van der Waals surface area contributed by atoms with Gasteiger partial charge in [-0.3, -0.25) is 0 Å². The largest absolute Gasteiger partial charge is 0.313 e. The van der Waals surface area contributed by atoms with Gasteiger partial charge in [-0.2, -0.15) is 0 Å². The third-order valence-corrected chi connectivity index (χ3v) is 2.70. The van der Waals surface area contributed by atoms with Gasteiger partial charge in [0, 0.05) is 6.04 Å². The Kier molecular flexibility index (Phi) is 2.26. The third-order valence-electron chi connectivity index (χ3n) is 2.70. The lowest BCUT2D eigenvalue weighted by molar-refractivity contribution is 0.454. The standard InChI is InChI=1S/C10H14FN/c11-9-5-3-8(4-6-9)10-2-1-7-12-10/h3,5-6,8,10,12H,1-2,4,7H2/t8?,10-/m0/s1. The summed E-state index contributed by atoms with van der Waals surface area (Å²) in [6.07, 6.45) is 8.64. The van der Waals surface area contributed by atoms with Crippen molar-refractivity contribution in [1.29, 1.82) is 0 Å². The van der Waals surface area contributed by atoms with Crippen LogP contribution < -0.4 is 5.32 Å². The third kappa shape index (κ3) is 1.58.